The van der Waals surface area contributed by atoms with Crippen LogP contribution in [0.2, 0.25) is 0 Å². The smallest absolute Gasteiger partial charge is 0.356 e. The Morgan fingerprint density at radius 3 is 0.389 bits per heavy atom. The van der Waals surface area contributed by atoms with Crippen molar-refractivity contribution in [2.24, 2.45) is 0 Å². The molecule has 0 heterocycles. The molecule has 0 aliphatic carbocycles. The summed E-state index contributed by atoms with van der Waals surface area (Å²) in [6.07, 6.45) is 0. The fraction of sp³-hybridized carbons (Fsp3) is 0. The molecule has 0 aliphatic rings. The van der Waals surface area contributed by atoms with Crippen molar-refractivity contribution in [1.29, 1.82) is 0 Å². The number of rotatable bonds is 0. The van der Waals surface area contributed by atoms with E-state index in [0.717, 1.165) is 0 Å². The number of nitrogens with zero attached hydrogens (tertiary/aromatic N) is 4. The minimum absolute atomic E-state index is 0. The first-order valence-corrected chi connectivity index (χ1v) is 2.19. The Balaban J connectivity index is -0.0000000257. The maximum Gasteiger partial charge on any atom is 2.00 e. The van der Waals surface area contributed by atoms with Gasteiger partial charge >= 0.3 is 33.6 Å². The molecule has 0 rings (SSSR count). The van der Waals surface area contributed by atoms with Crippen molar-refractivity contribution in [2.75, 3.05) is 0 Å². The third kappa shape index (κ3) is 474. The normalized spacial score (nSPS) is 5.33. The van der Waals surface area contributed by atoms with E-state index >= 15 is 0 Å². The van der Waals surface area contributed by atoms with Crippen LogP contribution in [-0.2, 0) is 33.6 Å². The minimum Gasteiger partial charge on any atom is -0.356 e. The summed E-state index contributed by atoms with van der Waals surface area (Å²) in [6.45, 7) is 0. The topological polar surface area (TPSA) is 265 Å². The van der Waals surface area contributed by atoms with Crippen molar-refractivity contribution in [3.63, 3.8) is 0 Å². The molecule has 0 aromatic carbocycles. The summed E-state index contributed by atoms with van der Waals surface area (Å²) >= 11 is 0. The molecule has 0 atom stereocenters. The monoisotopic (exact) mass is 366 g/mol. The number of hydrogen-bond donors (Lipinski definition) is 0. The molecule has 18 heteroatoms. The summed E-state index contributed by atoms with van der Waals surface area (Å²) in [5.74, 6) is 0. The molecule has 16 nitrogen and oxygen atoms in total. The average Bonchev–Trinajstić information content (AvgIpc) is 1.76. The molecule has 0 fully saturated rings. The Morgan fingerprint density at radius 1 is 0.389 bits per heavy atom. The molecule has 0 saturated heterocycles. The Bertz CT molecular complexity index is 162. The van der Waals surface area contributed by atoms with Crippen LogP contribution in [0.4, 0.5) is 0 Å². The largest absolute Gasteiger partial charge is 2.00 e. The van der Waals surface area contributed by atoms with E-state index in [-0.39, 0.29) is 33.6 Å². The Kier molecular flexibility index (Phi) is 58.8. The van der Waals surface area contributed by atoms with Crippen molar-refractivity contribution in [1.82, 2.24) is 0 Å². The molecule has 0 N–H and O–H groups in total. The summed E-state index contributed by atoms with van der Waals surface area (Å²) in [7, 11) is 0. The van der Waals surface area contributed by atoms with Gasteiger partial charge in [0.1, 0.15) is 0 Å². The quantitative estimate of drug-likeness (QED) is 0.370. The molecule has 0 aliphatic heterocycles. The first kappa shape index (κ1) is 36.0. The molecule has 0 amide bonds. The van der Waals surface area contributed by atoms with Crippen LogP contribution in [0.25, 0.3) is 0 Å². The fourth-order valence-corrected chi connectivity index (χ4v) is 0. The molecule has 0 saturated carbocycles. The molecule has 0 aromatic heterocycles. The van der Waals surface area contributed by atoms with Gasteiger partial charge < -0.3 is 61.3 Å². The first-order valence-electron chi connectivity index (χ1n) is 2.19. The predicted molar refractivity (Wildman–Crippen MR) is 41.4 cm³/mol. The van der Waals surface area contributed by atoms with Gasteiger partial charge in [0.2, 0.25) is 0 Å². The Morgan fingerprint density at radius 2 is 0.389 bits per heavy atom. The molecule has 0 spiro atoms. The molecular formula is Co2N4O12. The SMILES string of the molecule is O=[N+]([O-])[O-].O=[N+]([O-])[O-].O=[N+]([O-])[O-].O=[N+]([O-])[O-].[Co+2].[Co+2]. The van der Waals surface area contributed by atoms with Gasteiger partial charge in [0.15, 0.2) is 0 Å². The van der Waals surface area contributed by atoms with E-state index in [1.165, 1.54) is 0 Å². The van der Waals surface area contributed by atoms with Crippen LogP contribution in [0.3, 0.4) is 0 Å². The van der Waals surface area contributed by atoms with E-state index < -0.39 is 20.3 Å². The van der Waals surface area contributed by atoms with Crippen molar-refractivity contribution in [3.05, 3.63) is 61.3 Å². The zero-order valence-electron chi connectivity index (χ0n) is 7.35. The van der Waals surface area contributed by atoms with Gasteiger partial charge in [-0.05, 0) is 0 Å². The first-order chi connectivity index (χ1) is 6.93. The van der Waals surface area contributed by atoms with Gasteiger partial charge in [0.25, 0.3) is 0 Å². The van der Waals surface area contributed by atoms with E-state index in [2.05, 4.69) is 0 Å². The Hall–Kier alpha value is -2.19. The predicted octanol–water partition coefficient (Wildman–Crippen LogP) is -0.961. The van der Waals surface area contributed by atoms with Crippen LogP contribution in [0.5, 0.6) is 0 Å². The van der Waals surface area contributed by atoms with Crippen molar-refractivity contribution in [2.45, 2.75) is 0 Å². The van der Waals surface area contributed by atoms with Crippen LogP contribution in [0, 0.1) is 61.3 Å². The van der Waals surface area contributed by atoms with Gasteiger partial charge in [0.05, 0.1) is 20.3 Å². The molecular weight excluding hydrogens is 366 g/mol. The molecule has 2 radical (unpaired) electrons. The van der Waals surface area contributed by atoms with Crippen LogP contribution < -0.4 is 0 Å². The summed E-state index contributed by atoms with van der Waals surface area (Å²) in [6, 6.07) is 0. The molecule has 0 unspecified atom stereocenters. The second kappa shape index (κ2) is 29.4. The van der Waals surface area contributed by atoms with Crippen molar-refractivity contribution < 1.29 is 53.9 Å². The number of hydrogen-bond acceptors (Lipinski definition) is 12. The molecule has 110 valence electrons. The summed E-state index contributed by atoms with van der Waals surface area (Å²) in [5, 5.41) is 59.0. The van der Waals surface area contributed by atoms with Crippen molar-refractivity contribution >= 4 is 0 Å². The van der Waals surface area contributed by atoms with Crippen LogP contribution in [0.15, 0.2) is 0 Å². The van der Waals surface area contributed by atoms with Crippen LogP contribution in [-0.4, -0.2) is 20.3 Å². The van der Waals surface area contributed by atoms with Gasteiger partial charge in [-0.2, -0.15) is 0 Å². The molecule has 18 heavy (non-hydrogen) atoms. The summed E-state index contributed by atoms with van der Waals surface area (Å²) in [4.78, 5) is 33.0. The van der Waals surface area contributed by atoms with Gasteiger partial charge in [-0.1, -0.05) is 0 Å². The van der Waals surface area contributed by atoms with E-state index in [0.29, 0.717) is 0 Å². The zero-order valence-corrected chi connectivity index (χ0v) is 9.44. The summed E-state index contributed by atoms with van der Waals surface area (Å²) in [5.41, 5.74) is 0. The Labute approximate surface area is 116 Å². The van der Waals surface area contributed by atoms with Crippen LogP contribution in [0.1, 0.15) is 0 Å². The van der Waals surface area contributed by atoms with E-state index in [4.69, 9.17) is 61.3 Å². The zero-order chi connectivity index (χ0) is 14.3. The van der Waals surface area contributed by atoms with Gasteiger partial charge in [-0.3, -0.25) is 0 Å². The van der Waals surface area contributed by atoms with Gasteiger partial charge in [0, 0.05) is 0 Å². The average molecular weight is 366 g/mol. The standard InChI is InChI=1S/2Co.4NO3/c;;4*2-1(3)4/q2*+2;4*-1. The van der Waals surface area contributed by atoms with Gasteiger partial charge in [-0.25, -0.2) is 0 Å². The molecule has 0 bridgehead atoms. The maximum absolute atomic E-state index is 8.25. The van der Waals surface area contributed by atoms with Gasteiger partial charge in [-0.15, -0.1) is 0 Å². The maximum atomic E-state index is 8.25. The second-order valence-corrected chi connectivity index (χ2v) is 0.894. The summed E-state index contributed by atoms with van der Waals surface area (Å²) < 4.78 is 0. The second-order valence-electron chi connectivity index (χ2n) is 0.894. The van der Waals surface area contributed by atoms with E-state index in [1.54, 1.807) is 0 Å². The third-order valence-corrected chi connectivity index (χ3v) is 0. The minimum atomic E-state index is -1.75. The third-order valence-electron chi connectivity index (χ3n) is 0. The molecule has 0 aromatic rings. The van der Waals surface area contributed by atoms with E-state index in [1.807, 2.05) is 0 Å². The fourth-order valence-electron chi connectivity index (χ4n) is 0. The van der Waals surface area contributed by atoms with Crippen molar-refractivity contribution in [3.8, 4) is 0 Å². The van der Waals surface area contributed by atoms with E-state index in [9.17, 15) is 0 Å². The van der Waals surface area contributed by atoms with Crippen LogP contribution >= 0.6 is 0 Å².